The minimum absolute atomic E-state index is 0. The number of rotatable bonds is 6. The third kappa shape index (κ3) is 6.11. The molecule has 0 N–H and O–H groups in total. The molecular formula is C15H22ClF2NTi. The van der Waals surface area contributed by atoms with Gasteiger partial charge in [-0.2, -0.15) is 0 Å². The van der Waals surface area contributed by atoms with Crippen molar-refractivity contribution >= 4 is 17.3 Å². The topological polar surface area (TPSA) is 3.24 Å². The molecule has 0 heterocycles. The Morgan fingerprint density at radius 3 is 2.30 bits per heavy atom. The second-order valence-electron chi connectivity index (χ2n) is 6.17. The van der Waals surface area contributed by atoms with Gasteiger partial charge in [-0.3, -0.25) is 0 Å². The first-order valence-electron chi connectivity index (χ1n) is 6.51. The van der Waals surface area contributed by atoms with E-state index in [1.807, 2.05) is 18.7 Å². The maximum absolute atomic E-state index is 13.9. The summed E-state index contributed by atoms with van der Waals surface area (Å²) in [5.74, 6) is -0.200. The number of hydrogen-bond donors (Lipinski definition) is 0. The maximum Gasteiger partial charge on any atom is 0.149 e. The number of benzene rings is 1. The van der Waals surface area contributed by atoms with Gasteiger partial charge in [0.25, 0.3) is 0 Å². The van der Waals surface area contributed by atoms with Gasteiger partial charge in [-0.25, -0.2) is 8.78 Å². The molecule has 1 aromatic carbocycles. The zero-order valence-electron chi connectivity index (χ0n) is 12.5. The van der Waals surface area contributed by atoms with Crippen LogP contribution >= 0.6 is 11.6 Å². The minimum Gasteiger partial charge on any atom is -0.368 e. The van der Waals surface area contributed by atoms with Crippen molar-refractivity contribution < 1.29 is 30.5 Å². The van der Waals surface area contributed by atoms with E-state index in [4.69, 9.17) is 11.6 Å². The molecule has 5 heteroatoms. The Morgan fingerprint density at radius 1 is 1.25 bits per heavy atom. The third-order valence-electron chi connectivity index (χ3n) is 2.82. The molecule has 1 rings (SSSR count). The van der Waals surface area contributed by atoms with E-state index in [1.165, 1.54) is 12.1 Å². The average Bonchev–Trinajstić information content (AvgIpc) is 2.27. The largest absolute Gasteiger partial charge is 0.368 e. The summed E-state index contributed by atoms with van der Waals surface area (Å²) < 4.78 is 26.9. The van der Waals surface area contributed by atoms with Crippen molar-refractivity contribution in [2.45, 2.75) is 27.7 Å². The molecule has 0 amide bonds. The van der Waals surface area contributed by atoms with Crippen LogP contribution in [0.4, 0.5) is 14.5 Å². The van der Waals surface area contributed by atoms with Gasteiger partial charge in [-0.05, 0) is 23.5 Å². The van der Waals surface area contributed by atoms with Crippen molar-refractivity contribution in [1.82, 2.24) is 0 Å². The van der Waals surface area contributed by atoms with Crippen LogP contribution in [0.15, 0.2) is 18.2 Å². The molecule has 0 atom stereocenters. The maximum atomic E-state index is 13.9. The standard InChI is InChI=1S/C15H22ClF2N.Ti/c1-11(2)8-19(10-15(3,4)9-16)14-6-5-12(17)7-13(14)18;/h5-7,11H,8-10H2,1-4H3;. The molecule has 0 saturated heterocycles. The van der Waals surface area contributed by atoms with Crippen molar-refractivity contribution in [2.24, 2.45) is 11.3 Å². The summed E-state index contributed by atoms with van der Waals surface area (Å²) in [6, 6.07) is 3.72. The first kappa shape index (κ1) is 19.9. The molecule has 1 aromatic rings. The van der Waals surface area contributed by atoms with Gasteiger partial charge in [0.15, 0.2) is 0 Å². The van der Waals surface area contributed by atoms with Gasteiger partial charge < -0.3 is 4.90 Å². The second-order valence-corrected chi connectivity index (χ2v) is 6.44. The van der Waals surface area contributed by atoms with Gasteiger partial charge in [0.05, 0.1) is 5.69 Å². The van der Waals surface area contributed by atoms with E-state index in [-0.39, 0.29) is 27.1 Å². The molecule has 0 spiro atoms. The van der Waals surface area contributed by atoms with Crippen LogP contribution in [0.2, 0.25) is 0 Å². The summed E-state index contributed by atoms with van der Waals surface area (Å²) in [7, 11) is 0. The first-order chi connectivity index (χ1) is 8.75. The predicted octanol–water partition coefficient (Wildman–Crippen LogP) is 4.69. The molecule has 0 aromatic heterocycles. The minimum atomic E-state index is -0.553. The number of anilines is 1. The molecule has 112 valence electrons. The molecule has 0 aliphatic heterocycles. The van der Waals surface area contributed by atoms with E-state index < -0.39 is 11.6 Å². The van der Waals surface area contributed by atoms with Crippen molar-refractivity contribution in [3.8, 4) is 0 Å². The van der Waals surface area contributed by atoms with Crippen LogP contribution in [0.1, 0.15) is 27.7 Å². The first-order valence-corrected chi connectivity index (χ1v) is 7.04. The molecule has 0 saturated carbocycles. The summed E-state index contributed by atoms with van der Waals surface area (Å²) in [6.45, 7) is 9.56. The van der Waals surface area contributed by atoms with Crippen LogP contribution in [-0.4, -0.2) is 19.0 Å². The predicted molar refractivity (Wildman–Crippen MR) is 77.9 cm³/mol. The second kappa shape index (κ2) is 8.36. The summed E-state index contributed by atoms with van der Waals surface area (Å²) in [6.07, 6.45) is 0. The smallest absolute Gasteiger partial charge is 0.149 e. The Morgan fingerprint density at radius 2 is 1.85 bits per heavy atom. The molecule has 1 nitrogen and oxygen atoms in total. The fraction of sp³-hybridized carbons (Fsp3) is 0.600. The van der Waals surface area contributed by atoms with Gasteiger partial charge in [-0.15, -0.1) is 11.6 Å². The molecule has 0 bridgehead atoms. The van der Waals surface area contributed by atoms with Gasteiger partial charge in [0.2, 0.25) is 0 Å². The molecule has 0 aliphatic rings. The van der Waals surface area contributed by atoms with Crippen LogP contribution in [-0.2, 0) is 21.7 Å². The van der Waals surface area contributed by atoms with E-state index in [0.717, 1.165) is 6.07 Å². The molecule has 0 aliphatic carbocycles. The Kier molecular flexibility index (Phi) is 8.31. The SMILES string of the molecule is CC(C)CN(CC(C)(C)CCl)c1ccc(F)cc1F.[Ti]. The van der Waals surface area contributed by atoms with Gasteiger partial charge in [0.1, 0.15) is 11.6 Å². The molecule has 20 heavy (non-hydrogen) atoms. The molecule has 0 unspecified atom stereocenters. The summed E-state index contributed by atoms with van der Waals surface area (Å²) in [5.41, 5.74) is 0.311. The van der Waals surface area contributed by atoms with E-state index in [9.17, 15) is 8.78 Å². The zero-order valence-corrected chi connectivity index (χ0v) is 14.8. The molecule has 0 radical (unpaired) electrons. The quantitative estimate of drug-likeness (QED) is 0.538. The van der Waals surface area contributed by atoms with E-state index >= 15 is 0 Å². The van der Waals surface area contributed by atoms with E-state index in [2.05, 4.69) is 13.8 Å². The number of halogens is 3. The number of nitrogens with zero attached hydrogens (tertiary/aromatic N) is 1. The fourth-order valence-electron chi connectivity index (χ4n) is 1.99. The van der Waals surface area contributed by atoms with E-state index in [1.54, 1.807) is 0 Å². The summed E-state index contributed by atoms with van der Waals surface area (Å²) >= 11 is 5.95. The monoisotopic (exact) mass is 337 g/mol. The Bertz CT molecular complexity index is 424. The van der Waals surface area contributed by atoms with E-state index in [0.29, 0.717) is 30.6 Å². The summed E-state index contributed by atoms with van der Waals surface area (Å²) in [5, 5.41) is 0. The van der Waals surface area contributed by atoms with Crippen molar-refractivity contribution in [2.75, 3.05) is 23.9 Å². The van der Waals surface area contributed by atoms with Gasteiger partial charge >= 0.3 is 0 Å². The average molecular weight is 338 g/mol. The Hall–Kier alpha value is -0.116. The van der Waals surface area contributed by atoms with Crippen LogP contribution in [0, 0.1) is 23.0 Å². The van der Waals surface area contributed by atoms with Gasteiger partial charge in [0, 0.05) is 46.8 Å². The fourth-order valence-corrected chi connectivity index (χ4v) is 2.07. The van der Waals surface area contributed by atoms with Crippen molar-refractivity contribution in [1.29, 1.82) is 0 Å². The number of alkyl halides is 1. The van der Waals surface area contributed by atoms with Crippen LogP contribution < -0.4 is 4.90 Å². The number of hydrogen-bond acceptors (Lipinski definition) is 1. The van der Waals surface area contributed by atoms with Crippen LogP contribution in [0.25, 0.3) is 0 Å². The zero-order chi connectivity index (χ0) is 14.6. The van der Waals surface area contributed by atoms with Gasteiger partial charge in [-0.1, -0.05) is 27.7 Å². The van der Waals surface area contributed by atoms with Crippen molar-refractivity contribution in [3.05, 3.63) is 29.8 Å². The Balaban J connectivity index is 0.00000361. The molecular weight excluding hydrogens is 315 g/mol. The third-order valence-corrected chi connectivity index (χ3v) is 3.54. The van der Waals surface area contributed by atoms with Crippen LogP contribution in [0.5, 0.6) is 0 Å². The van der Waals surface area contributed by atoms with Crippen LogP contribution in [0.3, 0.4) is 0 Å². The van der Waals surface area contributed by atoms with Crippen molar-refractivity contribution in [3.63, 3.8) is 0 Å². The Labute approximate surface area is 140 Å². The molecule has 0 fully saturated rings. The summed E-state index contributed by atoms with van der Waals surface area (Å²) in [4.78, 5) is 1.95. The normalized spacial score (nSPS) is 11.4.